The summed E-state index contributed by atoms with van der Waals surface area (Å²) in [5.74, 6) is -0.117. The van der Waals surface area contributed by atoms with Gasteiger partial charge in [-0.1, -0.05) is 41.4 Å². The minimum Gasteiger partial charge on any atom is -0.495 e. The van der Waals surface area contributed by atoms with E-state index in [1.54, 1.807) is 24.3 Å². The first-order chi connectivity index (χ1) is 12.5. The van der Waals surface area contributed by atoms with Crippen molar-refractivity contribution in [2.75, 3.05) is 12.4 Å². The monoisotopic (exact) mass is 392 g/mol. The van der Waals surface area contributed by atoms with E-state index in [9.17, 15) is 9.59 Å². The second kappa shape index (κ2) is 7.56. The van der Waals surface area contributed by atoms with Gasteiger partial charge in [-0.15, -0.1) is 0 Å². The van der Waals surface area contributed by atoms with E-state index >= 15 is 0 Å². The third-order valence-electron chi connectivity index (χ3n) is 4.43. The Bertz CT molecular complexity index is 850. The molecule has 136 valence electrons. The van der Waals surface area contributed by atoms with Gasteiger partial charge >= 0.3 is 0 Å². The van der Waals surface area contributed by atoms with Crippen LogP contribution in [0.5, 0.6) is 5.75 Å². The summed E-state index contributed by atoms with van der Waals surface area (Å²) in [6.07, 6.45) is 1.02. The first-order valence-corrected chi connectivity index (χ1v) is 8.88. The molecule has 2 aromatic rings. The average Bonchev–Trinajstić information content (AvgIpc) is 3.43. The van der Waals surface area contributed by atoms with Gasteiger partial charge in [0.25, 0.3) is 0 Å². The molecule has 2 aromatic carbocycles. The van der Waals surface area contributed by atoms with Crippen LogP contribution in [-0.4, -0.2) is 18.9 Å². The van der Waals surface area contributed by atoms with Gasteiger partial charge in [-0.05, 0) is 42.7 Å². The molecule has 0 atom stereocenters. The number of anilines is 1. The molecule has 0 unspecified atom stereocenters. The zero-order valence-electron chi connectivity index (χ0n) is 14.1. The lowest BCUT2D eigenvalue weighted by molar-refractivity contribution is -0.134. The Balaban J connectivity index is 1.64. The van der Waals surface area contributed by atoms with Gasteiger partial charge in [0.15, 0.2) is 0 Å². The zero-order valence-corrected chi connectivity index (χ0v) is 15.7. The summed E-state index contributed by atoms with van der Waals surface area (Å²) in [6, 6.07) is 12.2. The molecule has 0 saturated heterocycles. The van der Waals surface area contributed by atoms with E-state index in [1.165, 1.54) is 7.11 Å². The number of rotatable bonds is 6. The van der Waals surface area contributed by atoms with E-state index in [0.717, 1.165) is 5.56 Å². The zero-order chi connectivity index (χ0) is 18.7. The lowest BCUT2D eigenvalue weighted by atomic mass is 10.0. The van der Waals surface area contributed by atoms with Gasteiger partial charge in [0.05, 0.1) is 12.1 Å². The number of ether oxygens (including phenoxy) is 1. The number of benzene rings is 2. The van der Waals surface area contributed by atoms with Crippen LogP contribution >= 0.6 is 23.2 Å². The molecule has 7 heteroatoms. The first-order valence-electron chi connectivity index (χ1n) is 8.13. The molecule has 0 spiro atoms. The van der Waals surface area contributed by atoms with Crippen molar-refractivity contribution >= 4 is 40.7 Å². The summed E-state index contributed by atoms with van der Waals surface area (Å²) < 4.78 is 5.09. The fourth-order valence-electron chi connectivity index (χ4n) is 2.66. The third kappa shape index (κ3) is 3.79. The summed E-state index contributed by atoms with van der Waals surface area (Å²) in [5.41, 5.74) is 0.292. The minimum absolute atomic E-state index is 0.280. The normalized spacial score (nSPS) is 14.4. The van der Waals surface area contributed by atoms with Gasteiger partial charge in [-0.25, -0.2) is 0 Å². The number of amides is 2. The van der Waals surface area contributed by atoms with Gasteiger partial charge in [-0.3, -0.25) is 9.59 Å². The topological polar surface area (TPSA) is 67.4 Å². The largest absolute Gasteiger partial charge is 0.495 e. The first kappa shape index (κ1) is 18.5. The van der Waals surface area contributed by atoms with Crippen LogP contribution in [0.15, 0.2) is 42.5 Å². The maximum atomic E-state index is 12.6. The number of hydrogen-bond donors (Lipinski definition) is 2. The Morgan fingerprint density at radius 3 is 2.42 bits per heavy atom. The van der Waals surface area contributed by atoms with Gasteiger partial charge in [-0.2, -0.15) is 0 Å². The summed E-state index contributed by atoms with van der Waals surface area (Å²) in [5, 5.41) is 6.54. The van der Waals surface area contributed by atoms with Crippen LogP contribution in [0.4, 0.5) is 5.69 Å². The van der Waals surface area contributed by atoms with Crippen molar-refractivity contribution in [3.8, 4) is 5.75 Å². The van der Waals surface area contributed by atoms with Crippen LogP contribution < -0.4 is 15.4 Å². The highest BCUT2D eigenvalue weighted by atomic mass is 35.5. The third-order valence-corrected chi connectivity index (χ3v) is 5.09. The molecular weight excluding hydrogens is 375 g/mol. The Kier molecular flexibility index (Phi) is 5.39. The van der Waals surface area contributed by atoms with Crippen LogP contribution in [0.3, 0.4) is 0 Å². The van der Waals surface area contributed by atoms with Gasteiger partial charge < -0.3 is 15.4 Å². The highest BCUT2D eigenvalue weighted by Crippen LogP contribution is 2.47. The van der Waals surface area contributed by atoms with E-state index < -0.39 is 5.41 Å². The Labute approximate surface area is 161 Å². The van der Waals surface area contributed by atoms with E-state index in [1.807, 2.05) is 18.2 Å². The van der Waals surface area contributed by atoms with Crippen LogP contribution in [0, 0.1) is 5.41 Å². The van der Waals surface area contributed by atoms with Crippen LogP contribution in [0.25, 0.3) is 0 Å². The molecule has 3 rings (SSSR count). The molecule has 0 radical (unpaired) electrons. The second-order valence-electron chi connectivity index (χ2n) is 6.16. The molecule has 0 bridgehead atoms. The fraction of sp³-hybridized carbons (Fsp3) is 0.263. The Hall–Kier alpha value is -2.24. The number of hydrogen-bond acceptors (Lipinski definition) is 3. The van der Waals surface area contributed by atoms with Crippen molar-refractivity contribution < 1.29 is 14.3 Å². The predicted octanol–water partition coefficient (Wildman–Crippen LogP) is 4.04. The maximum Gasteiger partial charge on any atom is 0.240 e. The molecule has 1 aliphatic rings. The summed E-state index contributed by atoms with van der Waals surface area (Å²) in [7, 11) is 1.52. The van der Waals surface area contributed by atoms with Gasteiger partial charge in [0.1, 0.15) is 11.2 Å². The highest BCUT2D eigenvalue weighted by Gasteiger charge is 2.56. The minimum atomic E-state index is -1.03. The standard InChI is InChI=1S/C19H18Cl2N2O3/c1-26-16-7-6-13(10-15(16)21)23-18(25)19(8-9-19)17(24)22-11-12-4-2-3-5-14(12)20/h2-7,10H,8-9,11H2,1H3,(H,22,24)(H,23,25). The number of methoxy groups -OCH3 is 1. The lowest BCUT2D eigenvalue weighted by Gasteiger charge is -2.16. The Morgan fingerprint density at radius 1 is 1.08 bits per heavy atom. The van der Waals surface area contributed by atoms with Crippen LogP contribution in [0.2, 0.25) is 10.0 Å². The molecule has 2 amide bonds. The fourth-order valence-corrected chi connectivity index (χ4v) is 3.12. The molecule has 0 aromatic heterocycles. The second-order valence-corrected chi connectivity index (χ2v) is 6.97. The average molecular weight is 393 g/mol. The van der Waals surface area contributed by atoms with Crippen LogP contribution in [-0.2, 0) is 16.1 Å². The van der Waals surface area contributed by atoms with Crippen molar-refractivity contribution in [2.45, 2.75) is 19.4 Å². The molecule has 0 aliphatic heterocycles. The molecule has 1 aliphatic carbocycles. The van der Waals surface area contributed by atoms with Crippen molar-refractivity contribution in [3.05, 3.63) is 58.1 Å². The summed E-state index contributed by atoms with van der Waals surface area (Å²) in [6.45, 7) is 0.280. The van der Waals surface area contributed by atoms with Crippen molar-refractivity contribution in [1.82, 2.24) is 5.32 Å². The molecule has 2 N–H and O–H groups in total. The summed E-state index contributed by atoms with van der Waals surface area (Å²) >= 11 is 12.2. The molecule has 26 heavy (non-hydrogen) atoms. The SMILES string of the molecule is COc1ccc(NC(=O)C2(C(=O)NCc3ccccc3Cl)CC2)cc1Cl. The molecule has 1 saturated carbocycles. The number of halogens is 2. The van der Waals surface area contributed by atoms with Gasteiger partial charge in [0.2, 0.25) is 11.8 Å². The Morgan fingerprint density at radius 2 is 1.81 bits per heavy atom. The quantitative estimate of drug-likeness (QED) is 0.728. The van der Waals surface area contributed by atoms with Crippen molar-refractivity contribution in [1.29, 1.82) is 0 Å². The number of carbonyl (C=O) groups is 2. The van der Waals surface area contributed by atoms with Gasteiger partial charge in [0, 0.05) is 17.3 Å². The number of carbonyl (C=O) groups excluding carboxylic acids is 2. The smallest absolute Gasteiger partial charge is 0.240 e. The van der Waals surface area contributed by atoms with E-state index in [2.05, 4.69) is 10.6 Å². The molecule has 1 fully saturated rings. The molecular formula is C19H18Cl2N2O3. The number of nitrogens with one attached hydrogen (secondary N) is 2. The van der Waals surface area contributed by atoms with E-state index in [4.69, 9.17) is 27.9 Å². The molecule has 5 nitrogen and oxygen atoms in total. The van der Waals surface area contributed by atoms with Crippen molar-refractivity contribution in [2.24, 2.45) is 5.41 Å². The van der Waals surface area contributed by atoms with Crippen molar-refractivity contribution in [3.63, 3.8) is 0 Å². The maximum absolute atomic E-state index is 12.6. The van der Waals surface area contributed by atoms with E-state index in [-0.39, 0.29) is 18.4 Å². The molecule has 0 heterocycles. The predicted molar refractivity (Wildman–Crippen MR) is 102 cm³/mol. The van der Waals surface area contributed by atoms with Crippen LogP contribution in [0.1, 0.15) is 18.4 Å². The van der Waals surface area contributed by atoms with E-state index in [0.29, 0.717) is 34.3 Å². The highest BCUT2D eigenvalue weighted by molar-refractivity contribution is 6.32. The lowest BCUT2D eigenvalue weighted by Crippen LogP contribution is -2.39. The summed E-state index contributed by atoms with van der Waals surface area (Å²) in [4.78, 5) is 25.2.